The summed E-state index contributed by atoms with van der Waals surface area (Å²) in [5.41, 5.74) is 28.1. The molecule has 3 aromatic heterocycles. The lowest BCUT2D eigenvalue weighted by Gasteiger charge is -2.23. The molecule has 52 heavy (non-hydrogen) atoms. The Bertz CT molecular complexity index is 2460. The van der Waals surface area contributed by atoms with Gasteiger partial charge < -0.3 is 17.2 Å². The van der Waals surface area contributed by atoms with Crippen molar-refractivity contribution >= 4 is 52.0 Å². The molecule has 0 saturated carbocycles. The molecule has 3 aliphatic rings. The van der Waals surface area contributed by atoms with E-state index < -0.39 is 0 Å². The molecule has 6 aromatic rings. The molecule has 1 atom stereocenters. The molecule has 3 aliphatic carbocycles. The van der Waals surface area contributed by atoms with E-state index in [1.165, 1.54) is 11.1 Å². The Morgan fingerprint density at radius 1 is 0.654 bits per heavy atom. The SMILES string of the molecule is CC1Cc2nc(N)[nH]c(=O)c2-c2cc(Cl)ccc21.Cc1ccc2c(c1)-c1c(nc(N)[nH]c1=O)CC2.Nc1nc2c(c(=O)[nH]1)-c1cc(I)ccc1CC2. The molecular formula is C38H35ClIN9O3. The van der Waals surface area contributed by atoms with Gasteiger partial charge in [-0.2, -0.15) is 0 Å². The molecule has 0 bridgehead atoms. The van der Waals surface area contributed by atoms with Crippen molar-refractivity contribution in [2.75, 3.05) is 17.2 Å². The Balaban J connectivity index is 0.000000121. The van der Waals surface area contributed by atoms with Crippen molar-refractivity contribution in [2.24, 2.45) is 0 Å². The molecule has 12 nitrogen and oxygen atoms in total. The maximum absolute atomic E-state index is 12.0. The van der Waals surface area contributed by atoms with E-state index in [2.05, 4.69) is 83.7 Å². The minimum Gasteiger partial charge on any atom is -0.369 e. The van der Waals surface area contributed by atoms with Gasteiger partial charge >= 0.3 is 0 Å². The fourth-order valence-electron chi connectivity index (χ4n) is 7.18. The zero-order valence-corrected chi connectivity index (χ0v) is 31.3. The highest BCUT2D eigenvalue weighted by Crippen LogP contribution is 2.38. The molecule has 9 rings (SSSR count). The summed E-state index contributed by atoms with van der Waals surface area (Å²) >= 11 is 8.26. The third-order valence-corrected chi connectivity index (χ3v) is 10.4. The number of fused-ring (bicyclic) bond motifs is 9. The van der Waals surface area contributed by atoms with Crippen molar-refractivity contribution in [1.29, 1.82) is 0 Å². The summed E-state index contributed by atoms with van der Waals surface area (Å²) in [6, 6.07) is 18.0. The molecule has 14 heteroatoms. The predicted molar refractivity (Wildman–Crippen MR) is 214 cm³/mol. The first kappa shape index (κ1) is 35.1. The quantitative estimate of drug-likeness (QED) is 0.107. The molecule has 0 radical (unpaired) electrons. The lowest BCUT2D eigenvalue weighted by Crippen LogP contribution is -2.22. The number of halogens is 2. The molecule has 1 unspecified atom stereocenters. The van der Waals surface area contributed by atoms with E-state index in [0.717, 1.165) is 80.6 Å². The van der Waals surface area contributed by atoms with Gasteiger partial charge in [0.1, 0.15) is 0 Å². The van der Waals surface area contributed by atoms with Crippen LogP contribution in [0, 0.1) is 10.5 Å². The molecule has 0 amide bonds. The van der Waals surface area contributed by atoms with E-state index >= 15 is 0 Å². The minimum atomic E-state index is -0.201. The average Bonchev–Trinajstić information content (AvgIpc) is 3.07. The van der Waals surface area contributed by atoms with Crippen molar-refractivity contribution in [3.63, 3.8) is 0 Å². The number of nitrogens with two attached hydrogens (primary N) is 3. The molecule has 9 N–H and O–H groups in total. The van der Waals surface area contributed by atoms with Gasteiger partial charge in [0.15, 0.2) is 0 Å². The summed E-state index contributed by atoms with van der Waals surface area (Å²) in [6.07, 6.45) is 4.10. The average molecular weight is 828 g/mol. The first-order valence-corrected chi connectivity index (χ1v) is 18.2. The van der Waals surface area contributed by atoms with Crippen LogP contribution in [0.3, 0.4) is 0 Å². The molecule has 0 fully saturated rings. The first-order chi connectivity index (χ1) is 24.9. The summed E-state index contributed by atoms with van der Waals surface area (Å²) < 4.78 is 1.12. The van der Waals surface area contributed by atoms with Gasteiger partial charge in [-0.05, 0) is 125 Å². The third-order valence-electron chi connectivity index (χ3n) is 9.49. The fourth-order valence-corrected chi connectivity index (χ4v) is 7.84. The van der Waals surface area contributed by atoms with E-state index in [-0.39, 0.29) is 34.5 Å². The van der Waals surface area contributed by atoms with Crippen LogP contribution < -0.4 is 33.9 Å². The third kappa shape index (κ3) is 6.85. The topological polar surface area (TPSA) is 215 Å². The maximum atomic E-state index is 12.0. The molecule has 0 aliphatic heterocycles. The second-order valence-corrected chi connectivity index (χ2v) is 14.8. The number of benzene rings is 3. The normalized spacial score (nSPS) is 14.4. The van der Waals surface area contributed by atoms with Crippen LogP contribution in [0.15, 0.2) is 69.0 Å². The number of anilines is 3. The first-order valence-electron chi connectivity index (χ1n) is 16.7. The summed E-state index contributed by atoms with van der Waals surface area (Å²) in [4.78, 5) is 56.4. The molecule has 0 spiro atoms. The van der Waals surface area contributed by atoms with Gasteiger partial charge in [-0.1, -0.05) is 54.4 Å². The Morgan fingerprint density at radius 3 is 1.73 bits per heavy atom. The number of nitrogens with zero attached hydrogens (tertiary/aromatic N) is 3. The molecular weight excluding hydrogens is 793 g/mol. The Kier molecular flexibility index (Phi) is 9.48. The molecule has 0 saturated heterocycles. The van der Waals surface area contributed by atoms with Gasteiger partial charge in [-0.25, -0.2) is 15.0 Å². The van der Waals surface area contributed by atoms with Crippen molar-refractivity contribution < 1.29 is 0 Å². The monoisotopic (exact) mass is 827 g/mol. The summed E-state index contributed by atoms with van der Waals surface area (Å²) in [5, 5.41) is 0.616. The van der Waals surface area contributed by atoms with Crippen molar-refractivity contribution in [3.8, 4) is 33.4 Å². The number of H-pyrrole nitrogens is 3. The number of hydrogen-bond donors (Lipinski definition) is 6. The van der Waals surface area contributed by atoms with E-state index in [0.29, 0.717) is 27.6 Å². The van der Waals surface area contributed by atoms with Crippen LogP contribution in [0.2, 0.25) is 5.02 Å². The van der Waals surface area contributed by atoms with Gasteiger partial charge in [0.25, 0.3) is 16.7 Å². The van der Waals surface area contributed by atoms with Gasteiger partial charge in [0.05, 0.1) is 33.8 Å². The van der Waals surface area contributed by atoms with Crippen molar-refractivity contribution in [3.05, 3.63) is 134 Å². The van der Waals surface area contributed by atoms with Crippen molar-refractivity contribution in [2.45, 2.75) is 51.9 Å². The number of aromatic amines is 3. The lowest BCUT2D eigenvalue weighted by molar-refractivity contribution is 0.726. The highest BCUT2D eigenvalue weighted by molar-refractivity contribution is 14.1. The molecule has 3 heterocycles. The summed E-state index contributed by atoms with van der Waals surface area (Å²) in [6.45, 7) is 4.13. The number of nitrogens with one attached hydrogen (secondary N) is 3. The zero-order chi connectivity index (χ0) is 36.8. The number of rotatable bonds is 0. The summed E-state index contributed by atoms with van der Waals surface area (Å²) in [7, 11) is 0. The largest absolute Gasteiger partial charge is 0.369 e. The van der Waals surface area contributed by atoms with Crippen LogP contribution in [-0.4, -0.2) is 29.9 Å². The molecule has 3 aromatic carbocycles. The number of nitrogen functional groups attached to an aromatic ring is 3. The van der Waals surface area contributed by atoms with Crippen LogP contribution in [0.4, 0.5) is 17.8 Å². The lowest BCUT2D eigenvalue weighted by atomic mass is 9.82. The maximum Gasteiger partial charge on any atom is 0.260 e. The van der Waals surface area contributed by atoms with Crippen LogP contribution in [0.25, 0.3) is 33.4 Å². The van der Waals surface area contributed by atoms with Gasteiger partial charge in [0.2, 0.25) is 17.8 Å². The van der Waals surface area contributed by atoms with Crippen LogP contribution in [-0.2, 0) is 32.1 Å². The van der Waals surface area contributed by atoms with E-state index in [9.17, 15) is 14.4 Å². The summed E-state index contributed by atoms with van der Waals surface area (Å²) in [5.74, 6) is 0.863. The minimum absolute atomic E-state index is 0.140. The van der Waals surface area contributed by atoms with Gasteiger partial charge in [-0.15, -0.1) is 0 Å². The Labute approximate surface area is 316 Å². The molecule has 264 valence electrons. The Hall–Kier alpha value is -5.28. The van der Waals surface area contributed by atoms with E-state index in [1.807, 2.05) is 37.3 Å². The number of aryl methyl sites for hydroxylation is 5. The van der Waals surface area contributed by atoms with E-state index in [4.69, 9.17) is 28.8 Å². The van der Waals surface area contributed by atoms with Gasteiger partial charge in [-0.3, -0.25) is 29.3 Å². The predicted octanol–water partition coefficient (Wildman–Crippen LogP) is 5.48. The van der Waals surface area contributed by atoms with Crippen LogP contribution in [0.5, 0.6) is 0 Å². The van der Waals surface area contributed by atoms with Crippen molar-refractivity contribution in [1.82, 2.24) is 29.9 Å². The van der Waals surface area contributed by atoms with Gasteiger partial charge in [0, 0.05) is 8.59 Å². The fraction of sp³-hybridized carbons (Fsp3) is 0.211. The highest BCUT2D eigenvalue weighted by atomic mass is 127. The number of hydrogen-bond acceptors (Lipinski definition) is 9. The Morgan fingerprint density at radius 2 is 1.15 bits per heavy atom. The second kappa shape index (κ2) is 14.0. The standard InChI is InChI=1S/C13H12ClN3O.C13H13N3O.C12H10IN3O/c1-6-4-10-11(12(18)17-13(15)16-10)9-5-7(14)2-3-8(6)9;1-7-2-3-8-4-5-10-11(9(8)6-7)12(17)16-13(14)15-10;13-7-3-1-6-2-4-9-10(8(6)5-7)11(17)16-12(14)15-9/h2-3,5-6H,4H2,1H3,(H3,15,16,17,18);2-3,6H,4-5H2,1H3,(H3,14,15,16,17);1,3,5H,2,4H2,(H3,14,15,16,17). The van der Waals surface area contributed by atoms with E-state index in [1.54, 1.807) is 0 Å². The zero-order valence-electron chi connectivity index (χ0n) is 28.4. The van der Waals surface area contributed by atoms with Crippen LogP contribution >= 0.6 is 34.2 Å². The number of aromatic nitrogens is 6. The smallest absolute Gasteiger partial charge is 0.260 e. The highest BCUT2D eigenvalue weighted by Gasteiger charge is 2.26. The van der Waals surface area contributed by atoms with Crippen LogP contribution in [0.1, 0.15) is 52.2 Å². The second-order valence-electron chi connectivity index (χ2n) is 13.1.